The largest absolute Gasteiger partial charge is 0.505 e. The number of hydrogen-bond acceptors (Lipinski definition) is 9. The van der Waals surface area contributed by atoms with Gasteiger partial charge in [0.25, 0.3) is 5.91 Å². The second-order valence-electron chi connectivity index (χ2n) is 9.71. The Bertz CT molecular complexity index is 1300. The summed E-state index contributed by atoms with van der Waals surface area (Å²) in [5, 5.41) is 16.7. The number of amides is 1. The topological polar surface area (TPSA) is 107 Å². The van der Waals surface area contributed by atoms with Crippen LogP contribution in [0.25, 0.3) is 0 Å². The van der Waals surface area contributed by atoms with Gasteiger partial charge in [0.05, 0.1) is 34.8 Å². The highest BCUT2D eigenvalue weighted by Crippen LogP contribution is 2.41. The Morgan fingerprint density at radius 1 is 1.18 bits per heavy atom. The van der Waals surface area contributed by atoms with Crippen LogP contribution in [0.1, 0.15) is 53.1 Å². The van der Waals surface area contributed by atoms with Crippen molar-refractivity contribution in [1.29, 1.82) is 0 Å². The van der Waals surface area contributed by atoms with Crippen molar-refractivity contribution in [1.82, 2.24) is 18.5 Å². The van der Waals surface area contributed by atoms with Gasteiger partial charge in [0.1, 0.15) is 11.8 Å². The molecule has 0 aliphatic carbocycles. The molecular formula is C26H33F3N6O3S. The first-order valence-electron chi connectivity index (χ1n) is 12.2. The van der Waals surface area contributed by atoms with Crippen LogP contribution in [0.2, 0.25) is 0 Å². The zero-order valence-electron chi connectivity index (χ0n) is 22.5. The summed E-state index contributed by atoms with van der Waals surface area (Å²) >= 11 is 0.858. The zero-order valence-corrected chi connectivity index (χ0v) is 23.3. The highest BCUT2D eigenvalue weighted by Gasteiger charge is 2.38. The number of halogens is 3. The molecule has 0 aliphatic rings. The van der Waals surface area contributed by atoms with Crippen molar-refractivity contribution in [2.45, 2.75) is 38.4 Å². The van der Waals surface area contributed by atoms with Gasteiger partial charge in [-0.05, 0) is 70.6 Å². The molecule has 0 radical (unpaired) electrons. The molecule has 0 saturated carbocycles. The van der Waals surface area contributed by atoms with Crippen molar-refractivity contribution >= 4 is 35.0 Å². The molecule has 0 saturated heterocycles. The molecule has 1 amide bonds. The van der Waals surface area contributed by atoms with Gasteiger partial charge in [0.15, 0.2) is 17.4 Å². The summed E-state index contributed by atoms with van der Waals surface area (Å²) in [6.07, 6.45) is -0.179. The number of nitrogens with one attached hydrogen (secondary N) is 2. The maximum atomic E-state index is 13.6. The third kappa shape index (κ3) is 7.51. The van der Waals surface area contributed by atoms with Crippen LogP contribution >= 0.6 is 11.7 Å². The number of unbranched alkanes of at least 4 members (excludes halogenated alkanes) is 1. The molecule has 3 aromatic rings. The number of aromatic nitrogens is 2. The minimum Gasteiger partial charge on any atom is -0.505 e. The van der Waals surface area contributed by atoms with Crippen molar-refractivity contribution in [3.63, 3.8) is 0 Å². The summed E-state index contributed by atoms with van der Waals surface area (Å²) < 4.78 is 55.0. The van der Waals surface area contributed by atoms with E-state index in [0.717, 1.165) is 65.7 Å². The number of phenolic OH excluding ortho intramolecular Hbond substituents is 1. The van der Waals surface area contributed by atoms with Crippen molar-refractivity contribution in [3.8, 4) is 5.75 Å². The van der Waals surface area contributed by atoms with Crippen molar-refractivity contribution in [2.75, 3.05) is 45.4 Å². The number of hydrogen-bond donors (Lipinski definition) is 3. The van der Waals surface area contributed by atoms with E-state index in [9.17, 15) is 23.1 Å². The number of nitrogens with zero attached hydrogens (tertiary/aromatic N) is 4. The first-order valence-corrected chi connectivity index (χ1v) is 12.9. The van der Waals surface area contributed by atoms with Gasteiger partial charge in [-0.1, -0.05) is 12.2 Å². The van der Waals surface area contributed by atoms with Crippen molar-refractivity contribution in [2.24, 2.45) is 0 Å². The Kier molecular flexibility index (Phi) is 9.62. The summed E-state index contributed by atoms with van der Waals surface area (Å²) in [4.78, 5) is 15.6. The van der Waals surface area contributed by atoms with Gasteiger partial charge < -0.3 is 30.0 Å². The molecule has 1 atom stereocenters. The van der Waals surface area contributed by atoms with E-state index in [1.807, 2.05) is 27.1 Å². The van der Waals surface area contributed by atoms with E-state index in [1.54, 1.807) is 6.26 Å². The van der Waals surface area contributed by atoms with Crippen LogP contribution in [-0.2, 0) is 12.6 Å². The SMILES string of the molecule is C=C(C)C(Nc1nsnc1Nc1ccc(C(F)(F)F)c(C(=O)N(C)C)c1O)c1cc(CCCCN(C)C)co1. The number of benzene rings is 1. The van der Waals surface area contributed by atoms with E-state index in [2.05, 4.69) is 30.9 Å². The number of aryl methyl sites for hydroxylation is 1. The second kappa shape index (κ2) is 12.5. The van der Waals surface area contributed by atoms with Gasteiger partial charge >= 0.3 is 6.18 Å². The molecule has 2 heterocycles. The van der Waals surface area contributed by atoms with Crippen LogP contribution in [0.4, 0.5) is 30.5 Å². The number of furan rings is 1. The molecule has 0 aliphatic heterocycles. The first kappa shape index (κ1) is 30.0. The fraction of sp³-hybridized carbons (Fsp3) is 0.423. The van der Waals surface area contributed by atoms with E-state index < -0.39 is 35.0 Å². The van der Waals surface area contributed by atoms with Crippen LogP contribution in [0.3, 0.4) is 0 Å². The Hall–Kier alpha value is -3.58. The molecule has 0 bridgehead atoms. The number of rotatable bonds is 12. The summed E-state index contributed by atoms with van der Waals surface area (Å²) in [6.45, 7) is 6.87. The summed E-state index contributed by atoms with van der Waals surface area (Å²) in [7, 11) is 6.68. The van der Waals surface area contributed by atoms with Crippen LogP contribution in [0, 0.1) is 0 Å². The standard InChI is InChI=1S/C26H33F3N6O3S/c1-15(2)21(19-13-16(14-38-19)9-7-8-12-34(3)4)31-24-23(32-39-33-24)30-18-11-10-17(26(27,28)29)20(22(18)36)25(37)35(5)6/h10-11,13-14,21,36H,1,7-9,12H2,2-6H3,(H,30,32)(H,31,33). The number of anilines is 3. The molecule has 39 heavy (non-hydrogen) atoms. The zero-order chi connectivity index (χ0) is 28.9. The summed E-state index contributed by atoms with van der Waals surface area (Å²) in [5.41, 5.74) is -0.438. The lowest BCUT2D eigenvalue weighted by molar-refractivity contribution is -0.138. The molecule has 3 rings (SSSR count). The molecule has 13 heteroatoms. The van der Waals surface area contributed by atoms with E-state index in [4.69, 9.17) is 4.42 Å². The molecule has 1 unspecified atom stereocenters. The van der Waals surface area contributed by atoms with Crippen LogP contribution < -0.4 is 10.6 Å². The van der Waals surface area contributed by atoms with Gasteiger partial charge in [-0.3, -0.25) is 4.79 Å². The van der Waals surface area contributed by atoms with Crippen LogP contribution in [-0.4, -0.2) is 64.3 Å². The maximum Gasteiger partial charge on any atom is 0.417 e. The van der Waals surface area contributed by atoms with Gasteiger partial charge in [0.2, 0.25) is 0 Å². The van der Waals surface area contributed by atoms with Gasteiger partial charge in [-0.2, -0.15) is 21.9 Å². The Morgan fingerprint density at radius 2 is 1.87 bits per heavy atom. The van der Waals surface area contributed by atoms with Gasteiger partial charge in [0, 0.05) is 14.1 Å². The third-order valence-electron chi connectivity index (χ3n) is 5.90. The smallest absolute Gasteiger partial charge is 0.417 e. The molecule has 9 nitrogen and oxygen atoms in total. The Balaban J connectivity index is 1.83. The number of alkyl halides is 3. The lowest BCUT2D eigenvalue weighted by Gasteiger charge is -2.20. The predicted octanol–water partition coefficient (Wildman–Crippen LogP) is 5.91. The van der Waals surface area contributed by atoms with Gasteiger partial charge in [-0.25, -0.2) is 0 Å². The van der Waals surface area contributed by atoms with E-state index >= 15 is 0 Å². The van der Waals surface area contributed by atoms with E-state index in [-0.39, 0.29) is 17.3 Å². The molecule has 0 spiro atoms. The third-order valence-corrected chi connectivity index (χ3v) is 6.43. The number of aromatic hydroxyl groups is 1. The molecule has 212 valence electrons. The number of carbonyl (C=O) groups is 1. The predicted molar refractivity (Wildman–Crippen MR) is 146 cm³/mol. The second-order valence-corrected chi connectivity index (χ2v) is 10.2. The molecule has 0 fully saturated rings. The number of carbonyl (C=O) groups excluding carboxylic acids is 1. The fourth-order valence-electron chi connectivity index (χ4n) is 3.87. The monoisotopic (exact) mass is 566 g/mol. The molecule has 1 aromatic carbocycles. The Morgan fingerprint density at radius 3 is 2.49 bits per heavy atom. The minimum atomic E-state index is -4.84. The minimum absolute atomic E-state index is 0.131. The molecule has 2 aromatic heterocycles. The lowest BCUT2D eigenvalue weighted by atomic mass is 10.0. The van der Waals surface area contributed by atoms with E-state index in [0.29, 0.717) is 5.76 Å². The average molecular weight is 567 g/mol. The average Bonchev–Trinajstić information content (AvgIpc) is 3.49. The van der Waals surface area contributed by atoms with Gasteiger partial charge in [-0.15, -0.1) is 0 Å². The first-order chi connectivity index (χ1) is 18.3. The summed E-state index contributed by atoms with van der Waals surface area (Å²) in [5.74, 6) is -0.781. The number of phenols is 1. The lowest BCUT2D eigenvalue weighted by Crippen LogP contribution is -2.25. The Labute approximate surface area is 229 Å². The highest BCUT2D eigenvalue weighted by molar-refractivity contribution is 6.99. The molecule has 3 N–H and O–H groups in total. The van der Waals surface area contributed by atoms with E-state index in [1.165, 1.54) is 14.1 Å². The summed E-state index contributed by atoms with van der Waals surface area (Å²) in [6, 6.07) is 3.28. The van der Waals surface area contributed by atoms with Crippen LogP contribution in [0.15, 0.2) is 41.0 Å². The maximum absolute atomic E-state index is 13.6. The van der Waals surface area contributed by atoms with Crippen molar-refractivity contribution < 1.29 is 27.5 Å². The quantitative estimate of drug-likeness (QED) is 0.141. The normalized spacial score (nSPS) is 12.4. The molecular weight excluding hydrogens is 533 g/mol. The van der Waals surface area contributed by atoms with Crippen molar-refractivity contribution in [3.05, 3.63) is 59.1 Å². The van der Waals surface area contributed by atoms with Crippen LogP contribution in [0.5, 0.6) is 5.75 Å². The highest BCUT2D eigenvalue weighted by atomic mass is 32.1. The fourth-order valence-corrected chi connectivity index (χ4v) is 4.34.